The number of aliphatic imine (C=N–C) groups is 1. The second-order valence-electron chi connectivity index (χ2n) is 6.19. The number of nitrogens with one attached hydrogen (secondary N) is 2. The molecule has 0 spiro atoms. The van der Waals surface area contributed by atoms with E-state index in [4.69, 9.17) is 0 Å². The summed E-state index contributed by atoms with van der Waals surface area (Å²) >= 11 is 1.73. The highest BCUT2D eigenvalue weighted by atomic mass is 32.1. The van der Waals surface area contributed by atoms with Crippen LogP contribution in [0.1, 0.15) is 25.8 Å². The van der Waals surface area contributed by atoms with Crippen molar-refractivity contribution in [3.63, 3.8) is 0 Å². The number of thiazole rings is 1. The molecule has 0 aliphatic heterocycles. The third kappa shape index (κ3) is 6.15. The Morgan fingerprint density at radius 3 is 2.58 bits per heavy atom. The van der Waals surface area contributed by atoms with Crippen LogP contribution in [0.15, 0.2) is 35.5 Å². The van der Waals surface area contributed by atoms with Gasteiger partial charge in [-0.15, -0.1) is 11.3 Å². The number of hydrogen-bond acceptors (Lipinski definition) is 4. The smallest absolute Gasteiger partial charge is 0.253 e. The second kappa shape index (κ2) is 9.91. The summed E-state index contributed by atoms with van der Waals surface area (Å²) in [6.07, 6.45) is 3.61. The van der Waals surface area contributed by atoms with Crippen molar-refractivity contribution in [2.24, 2.45) is 4.99 Å². The zero-order valence-corrected chi connectivity index (χ0v) is 16.7. The maximum Gasteiger partial charge on any atom is 0.253 e. The third-order valence-corrected chi connectivity index (χ3v) is 4.78. The Hall–Kier alpha value is -2.41. The van der Waals surface area contributed by atoms with E-state index in [1.807, 2.05) is 30.5 Å². The number of rotatable bonds is 7. The normalized spacial score (nSPS) is 11.3. The molecule has 6 nitrogen and oxygen atoms in total. The summed E-state index contributed by atoms with van der Waals surface area (Å²) in [5.74, 6) is 0.800. The molecule has 0 saturated carbocycles. The average Bonchev–Trinajstić information content (AvgIpc) is 3.05. The number of carbonyl (C=O) groups is 1. The number of amides is 1. The number of benzene rings is 1. The van der Waals surface area contributed by atoms with Gasteiger partial charge in [-0.3, -0.25) is 9.79 Å². The summed E-state index contributed by atoms with van der Waals surface area (Å²) in [6, 6.07) is 7.76. The lowest BCUT2D eigenvalue weighted by molar-refractivity contribution is 0.0827. The molecule has 0 aliphatic rings. The van der Waals surface area contributed by atoms with E-state index < -0.39 is 0 Å². The average molecular weight is 374 g/mol. The van der Waals surface area contributed by atoms with E-state index in [0.717, 1.165) is 42.5 Å². The predicted molar refractivity (Wildman–Crippen MR) is 108 cm³/mol. The number of guanidine groups is 1. The molecule has 0 saturated heterocycles. The highest BCUT2D eigenvalue weighted by molar-refractivity contribution is 7.11. The van der Waals surface area contributed by atoms with Crippen LogP contribution < -0.4 is 10.6 Å². The Labute approximate surface area is 159 Å². The molecule has 1 aromatic carbocycles. The fourth-order valence-corrected chi connectivity index (χ4v) is 3.26. The van der Waals surface area contributed by atoms with Crippen molar-refractivity contribution in [2.45, 2.75) is 19.8 Å². The number of carbonyl (C=O) groups excluding carboxylic acids is 1. The van der Waals surface area contributed by atoms with Gasteiger partial charge in [0.2, 0.25) is 0 Å². The molecule has 2 rings (SSSR count). The monoisotopic (exact) mass is 373 g/mol. The van der Waals surface area contributed by atoms with Gasteiger partial charge in [0.25, 0.3) is 5.91 Å². The molecule has 26 heavy (non-hydrogen) atoms. The first-order valence-corrected chi connectivity index (χ1v) is 9.47. The Morgan fingerprint density at radius 2 is 1.96 bits per heavy atom. The van der Waals surface area contributed by atoms with Gasteiger partial charge in [0.15, 0.2) is 5.96 Å². The summed E-state index contributed by atoms with van der Waals surface area (Å²) in [5, 5.41) is 7.74. The van der Waals surface area contributed by atoms with Crippen molar-refractivity contribution in [2.75, 3.05) is 34.2 Å². The van der Waals surface area contributed by atoms with Crippen molar-refractivity contribution in [3.8, 4) is 0 Å². The maximum absolute atomic E-state index is 12.0. The maximum atomic E-state index is 12.0. The van der Waals surface area contributed by atoms with Crippen LogP contribution in [0.5, 0.6) is 0 Å². The minimum atomic E-state index is 0.0229. The van der Waals surface area contributed by atoms with Crippen LogP contribution in [0.4, 0.5) is 0 Å². The van der Waals surface area contributed by atoms with Crippen molar-refractivity contribution >= 4 is 23.2 Å². The second-order valence-corrected chi connectivity index (χ2v) is 7.51. The first-order chi connectivity index (χ1) is 12.5. The summed E-state index contributed by atoms with van der Waals surface area (Å²) < 4.78 is 0. The molecule has 140 valence electrons. The minimum absolute atomic E-state index is 0.0229. The molecular weight excluding hydrogens is 346 g/mol. The fourth-order valence-electron chi connectivity index (χ4n) is 2.47. The first kappa shape index (κ1) is 19.9. The fraction of sp³-hybridized carbons (Fsp3) is 0.421. The summed E-state index contributed by atoms with van der Waals surface area (Å²) in [5.41, 5.74) is 1.84. The lowest BCUT2D eigenvalue weighted by Gasteiger charge is -2.13. The number of aryl methyl sites for hydroxylation is 1. The third-order valence-electron chi connectivity index (χ3n) is 3.81. The van der Waals surface area contributed by atoms with Crippen LogP contribution in [-0.4, -0.2) is 56.0 Å². The van der Waals surface area contributed by atoms with E-state index in [9.17, 15) is 4.79 Å². The van der Waals surface area contributed by atoms with E-state index in [2.05, 4.69) is 27.5 Å². The predicted octanol–water partition coefficient (Wildman–Crippen LogP) is 2.10. The van der Waals surface area contributed by atoms with Gasteiger partial charge in [-0.05, 0) is 31.0 Å². The topological polar surface area (TPSA) is 69.6 Å². The largest absolute Gasteiger partial charge is 0.356 e. The van der Waals surface area contributed by atoms with Gasteiger partial charge >= 0.3 is 0 Å². The van der Waals surface area contributed by atoms with E-state index in [1.54, 1.807) is 37.4 Å². The minimum Gasteiger partial charge on any atom is -0.356 e. The van der Waals surface area contributed by atoms with Gasteiger partial charge in [0, 0.05) is 57.3 Å². The zero-order chi connectivity index (χ0) is 18.9. The highest BCUT2D eigenvalue weighted by Gasteiger charge is 2.08. The summed E-state index contributed by atoms with van der Waals surface area (Å²) in [4.78, 5) is 23.5. The molecular formula is C19H27N5OS. The highest BCUT2D eigenvalue weighted by Crippen LogP contribution is 2.11. The van der Waals surface area contributed by atoms with Crippen LogP contribution in [0, 0.1) is 6.92 Å². The van der Waals surface area contributed by atoms with Crippen LogP contribution in [0.2, 0.25) is 0 Å². The molecule has 0 aliphatic carbocycles. The summed E-state index contributed by atoms with van der Waals surface area (Å²) in [7, 11) is 5.29. The molecule has 0 atom stereocenters. The molecule has 7 heteroatoms. The summed E-state index contributed by atoms with van der Waals surface area (Å²) in [6.45, 7) is 3.60. The standard InChI is InChI=1S/C19H27N5OS/c1-14-13-23-17(26-14)9-11-22-19(20-2)21-10-8-15-6-5-7-16(12-15)18(25)24(3)4/h5-7,12-13H,8-11H2,1-4H3,(H2,20,21,22). The van der Waals surface area contributed by atoms with Gasteiger partial charge in [-0.25, -0.2) is 4.98 Å². The van der Waals surface area contributed by atoms with Crippen LogP contribution >= 0.6 is 11.3 Å². The molecule has 0 unspecified atom stereocenters. The lowest BCUT2D eigenvalue weighted by atomic mass is 10.1. The Morgan fingerprint density at radius 1 is 1.23 bits per heavy atom. The Bertz CT molecular complexity index is 754. The van der Waals surface area contributed by atoms with Crippen molar-refractivity contribution in [3.05, 3.63) is 51.5 Å². The Kier molecular flexibility index (Phi) is 7.59. The van der Waals surface area contributed by atoms with Crippen LogP contribution in [-0.2, 0) is 12.8 Å². The molecule has 1 amide bonds. The molecule has 2 aromatic rings. The van der Waals surface area contributed by atoms with Crippen LogP contribution in [0.3, 0.4) is 0 Å². The van der Waals surface area contributed by atoms with Gasteiger partial charge in [0.05, 0.1) is 5.01 Å². The molecule has 2 N–H and O–H groups in total. The van der Waals surface area contributed by atoms with Gasteiger partial charge in [0.1, 0.15) is 0 Å². The van der Waals surface area contributed by atoms with Gasteiger partial charge in [-0.2, -0.15) is 0 Å². The number of aromatic nitrogens is 1. The molecule has 0 radical (unpaired) electrons. The van der Waals surface area contributed by atoms with E-state index in [0.29, 0.717) is 5.56 Å². The van der Waals surface area contributed by atoms with Crippen molar-refractivity contribution < 1.29 is 4.79 Å². The van der Waals surface area contributed by atoms with Crippen molar-refractivity contribution in [1.29, 1.82) is 0 Å². The SMILES string of the molecule is CN=C(NCCc1cccc(C(=O)N(C)C)c1)NCCc1ncc(C)s1. The molecule has 1 aromatic heterocycles. The first-order valence-electron chi connectivity index (χ1n) is 8.66. The van der Waals surface area contributed by atoms with E-state index in [1.165, 1.54) is 4.88 Å². The Balaban J connectivity index is 1.76. The lowest BCUT2D eigenvalue weighted by Crippen LogP contribution is -2.39. The number of nitrogens with zero attached hydrogens (tertiary/aromatic N) is 3. The number of hydrogen-bond donors (Lipinski definition) is 2. The van der Waals surface area contributed by atoms with Crippen molar-refractivity contribution in [1.82, 2.24) is 20.5 Å². The van der Waals surface area contributed by atoms with Crippen LogP contribution in [0.25, 0.3) is 0 Å². The van der Waals surface area contributed by atoms with Gasteiger partial charge < -0.3 is 15.5 Å². The van der Waals surface area contributed by atoms with Gasteiger partial charge in [-0.1, -0.05) is 12.1 Å². The van der Waals surface area contributed by atoms with E-state index >= 15 is 0 Å². The molecule has 1 heterocycles. The molecule has 0 bridgehead atoms. The zero-order valence-electron chi connectivity index (χ0n) is 15.9. The quantitative estimate of drug-likeness (QED) is 0.576. The van der Waals surface area contributed by atoms with E-state index in [-0.39, 0.29) is 5.91 Å². The molecule has 0 fully saturated rings.